The maximum Gasteiger partial charge on any atom is 0.280 e. The number of benzene rings is 1. The Morgan fingerprint density at radius 3 is 2.61 bits per heavy atom. The van der Waals surface area contributed by atoms with E-state index in [1.54, 1.807) is 11.8 Å². The predicted octanol–water partition coefficient (Wildman–Crippen LogP) is 2.27. The van der Waals surface area contributed by atoms with Crippen LogP contribution in [0.25, 0.3) is 5.69 Å². The highest BCUT2D eigenvalue weighted by Crippen LogP contribution is 2.15. The Balaban J connectivity index is 1.82. The summed E-state index contributed by atoms with van der Waals surface area (Å²) in [5, 5.41) is 3.28. The summed E-state index contributed by atoms with van der Waals surface area (Å²) < 4.78 is 12.2. The molecular formula is C21H30N4O3. The van der Waals surface area contributed by atoms with Crippen molar-refractivity contribution < 1.29 is 9.47 Å². The van der Waals surface area contributed by atoms with Gasteiger partial charge in [-0.3, -0.25) is 19.8 Å². The first kappa shape index (κ1) is 20.4. The quantitative estimate of drug-likeness (QED) is 0.707. The van der Waals surface area contributed by atoms with Crippen LogP contribution in [0, 0.1) is 0 Å². The Kier molecular flexibility index (Phi) is 7.06. The minimum absolute atomic E-state index is 0.0544. The van der Waals surface area contributed by atoms with Gasteiger partial charge in [-0.2, -0.15) is 0 Å². The molecule has 0 bridgehead atoms. The molecule has 2 aromatic rings. The highest BCUT2D eigenvalue weighted by atomic mass is 16.5. The number of aromatic nitrogens is 2. The average molecular weight is 386 g/mol. The molecule has 0 unspecified atom stereocenters. The topological polar surface area (TPSA) is 71.8 Å². The zero-order chi connectivity index (χ0) is 19.9. The lowest BCUT2D eigenvalue weighted by Crippen LogP contribution is -2.37. The molecule has 1 aliphatic heterocycles. The Labute approximate surface area is 166 Å². The molecule has 1 fully saturated rings. The molecule has 1 aromatic heterocycles. The van der Waals surface area contributed by atoms with E-state index in [1.807, 2.05) is 31.2 Å². The van der Waals surface area contributed by atoms with E-state index in [2.05, 4.69) is 16.9 Å². The molecule has 7 nitrogen and oxygen atoms in total. The van der Waals surface area contributed by atoms with Crippen LogP contribution in [0.4, 0.5) is 0 Å². The van der Waals surface area contributed by atoms with Crippen LogP contribution in [-0.4, -0.2) is 66.9 Å². The van der Waals surface area contributed by atoms with E-state index < -0.39 is 0 Å². The zero-order valence-corrected chi connectivity index (χ0v) is 17.0. The van der Waals surface area contributed by atoms with Crippen LogP contribution in [0.1, 0.15) is 31.5 Å². The van der Waals surface area contributed by atoms with Crippen molar-refractivity contribution in [3.8, 4) is 11.4 Å². The molecule has 1 aromatic carbocycles. The summed E-state index contributed by atoms with van der Waals surface area (Å²) in [6.45, 7) is 9.08. The van der Waals surface area contributed by atoms with Crippen LogP contribution in [0.3, 0.4) is 0 Å². The van der Waals surface area contributed by atoms with Crippen molar-refractivity contribution >= 4 is 5.71 Å². The minimum atomic E-state index is -0.0544. The molecule has 0 atom stereocenters. The number of aliphatic imine (C=N–C) groups is 1. The number of H-pyrrole nitrogens is 1. The number of nitrogens with zero attached hydrogens (tertiary/aromatic N) is 3. The molecule has 0 saturated carbocycles. The number of methoxy groups -OCH3 is 1. The molecule has 28 heavy (non-hydrogen) atoms. The van der Waals surface area contributed by atoms with Crippen molar-refractivity contribution in [1.29, 1.82) is 0 Å². The molecule has 7 heteroatoms. The maximum atomic E-state index is 13.1. The van der Waals surface area contributed by atoms with Gasteiger partial charge in [-0.15, -0.1) is 0 Å². The Hall–Kier alpha value is -2.38. The van der Waals surface area contributed by atoms with Crippen LogP contribution in [-0.2, 0) is 11.2 Å². The van der Waals surface area contributed by atoms with Gasteiger partial charge in [-0.05, 0) is 37.6 Å². The van der Waals surface area contributed by atoms with Crippen LogP contribution >= 0.6 is 0 Å². The molecule has 0 spiro atoms. The zero-order valence-electron chi connectivity index (χ0n) is 17.0. The molecule has 1 saturated heterocycles. The molecule has 2 heterocycles. The van der Waals surface area contributed by atoms with Gasteiger partial charge < -0.3 is 9.47 Å². The normalized spacial score (nSPS) is 15.8. The van der Waals surface area contributed by atoms with E-state index in [0.717, 1.165) is 68.5 Å². The number of ether oxygens (including phenoxy) is 2. The van der Waals surface area contributed by atoms with Crippen molar-refractivity contribution in [2.45, 2.75) is 26.7 Å². The van der Waals surface area contributed by atoms with Crippen molar-refractivity contribution in [2.75, 3.05) is 46.5 Å². The minimum Gasteiger partial charge on any atom is -0.497 e. The van der Waals surface area contributed by atoms with E-state index in [9.17, 15) is 4.79 Å². The summed E-state index contributed by atoms with van der Waals surface area (Å²) in [5.74, 6) is 0.762. The van der Waals surface area contributed by atoms with E-state index in [1.165, 1.54) is 0 Å². The lowest BCUT2D eigenvalue weighted by Gasteiger charge is -2.25. The number of rotatable bonds is 8. The van der Waals surface area contributed by atoms with E-state index >= 15 is 0 Å². The second kappa shape index (κ2) is 9.71. The summed E-state index contributed by atoms with van der Waals surface area (Å²) in [6, 6.07) is 7.46. The largest absolute Gasteiger partial charge is 0.497 e. The first-order valence-corrected chi connectivity index (χ1v) is 9.94. The van der Waals surface area contributed by atoms with Crippen molar-refractivity contribution in [3.63, 3.8) is 0 Å². The first-order chi connectivity index (χ1) is 13.6. The van der Waals surface area contributed by atoms with Gasteiger partial charge in [0.2, 0.25) is 0 Å². The maximum absolute atomic E-state index is 13.1. The molecule has 0 radical (unpaired) electrons. The second-order valence-electron chi connectivity index (χ2n) is 6.98. The van der Waals surface area contributed by atoms with Gasteiger partial charge >= 0.3 is 0 Å². The number of hydrogen-bond donors (Lipinski definition) is 1. The fourth-order valence-electron chi connectivity index (χ4n) is 3.46. The van der Waals surface area contributed by atoms with Gasteiger partial charge in [0.15, 0.2) is 0 Å². The van der Waals surface area contributed by atoms with E-state index in [4.69, 9.17) is 14.5 Å². The van der Waals surface area contributed by atoms with Gasteiger partial charge in [0.1, 0.15) is 5.75 Å². The standard InChI is InChI=1S/C21H30N4O3/c1-4-5-19-20(16(2)22-10-11-24-12-14-28-15-13-24)21(26)25(23-19)17-6-8-18(27-3)9-7-17/h6-9,23H,4-5,10-15H2,1-3H3. The summed E-state index contributed by atoms with van der Waals surface area (Å²) in [5.41, 5.74) is 3.16. The summed E-state index contributed by atoms with van der Waals surface area (Å²) in [6.07, 6.45) is 1.76. The predicted molar refractivity (Wildman–Crippen MR) is 111 cm³/mol. The number of aryl methyl sites for hydroxylation is 1. The van der Waals surface area contributed by atoms with Crippen molar-refractivity contribution in [3.05, 3.63) is 45.9 Å². The highest BCUT2D eigenvalue weighted by molar-refractivity contribution is 5.99. The van der Waals surface area contributed by atoms with Gasteiger partial charge in [-0.25, -0.2) is 4.68 Å². The molecule has 1 N–H and O–H groups in total. The highest BCUT2D eigenvalue weighted by Gasteiger charge is 2.17. The molecule has 0 amide bonds. The van der Waals surface area contributed by atoms with Crippen LogP contribution < -0.4 is 10.3 Å². The van der Waals surface area contributed by atoms with Gasteiger partial charge in [-0.1, -0.05) is 13.3 Å². The number of aromatic amines is 1. The second-order valence-corrected chi connectivity index (χ2v) is 6.98. The van der Waals surface area contributed by atoms with Crippen molar-refractivity contribution in [2.24, 2.45) is 4.99 Å². The lowest BCUT2D eigenvalue weighted by atomic mass is 10.1. The summed E-state index contributed by atoms with van der Waals surface area (Å²) in [7, 11) is 1.63. The Morgan fingerprint density at radius 2 is 1.96 bits per heavy atom. The average Bonchev–Trinajstić information content (AvgIpc) is 3.05. The molecule has 3 rings (SSSR count). The third-order valence-corrected chi connectivity index (χ3v) is 5.03. The Morgan fingerprint density at radius 1 is 1.25 bits per heavy atom. The molecule has 1 aliphatic rings. The smallest absolute Gasteiger partial charge is 0.280 e. The van der Waals surface area contributed by atoms with Gasteiger partial charge in [0.25, 0.3) is 5.56 Å². The van der Waals surface area contributed by atoms with Crippen molar-refractivity contribution in [1.82, 2.24) is 14.7 Å². The molecule has 0 aliphatic carbocycles. The third kappa shape index (κ3) is 4.72. The number of morpholine rings is 1. The van der Waals surface area contributed by atoms with E-state index in [0.29, 0.717) is 12.1 Å². The summed E-state index contributed by atoms with van der Waals surface area (Å²) >= 11 is 0. The van der Waals surface area contributed by atoms with Gasteiger partial charge in [0, 0.05) is 31.0 Å². The Bertz CT molecular complexity index is 846. The monoisotopic (exact) mass is 386 g/mol. The third-order valence-electron chi connectivity index (χ3n) is 5.03. The van der Waals surface area contributed by atoms with Gasteiger partial charge in [0.05, 0.1) is 38.1 Å². The number of hydrogen-bond acceptors (Lipinski definition) is 5. The molecule has 152 valence electrons. The first-order valence-electron chi connectivity index (χ1n) is 9.94. The SMILES string of the molecule is CCCc1[nH]n(-c2ccc(OC)cc2)c(=O)c1C(C)=NCCN1CCOCC1. The van der Waals surface area contributed by atoms with Crippen LogP contribution in [0.5, 0.6) is 5.75 Å². The van der Waals surface area contributed by atoms with E-state index in [-0.39, 0.29) is 5.56 Å². The fraction of sp³-hybridized carbons (Fsp3) is 0.524. The number of nitrogens with one attached hydrogen (secondary N) is 1. The fourth-order valence-corrected chi connectivity index (χ4v) is 3.46. The summed E-state index contributed by atoms with van der Waals surface area (Å²) in [4.78, 5) is 20.2. The van der Waals surface area contributed by atoms with Crippen LogP contribution in [0.15, 0.2) is 34.1 Å². The lowest BCUT2D eigenvalue weighted by molar-refractivity contribution is 0.0394. The van der Waals surface area contributed by atoms with Crippen LogP contribution in [0.2, 0.25) is 0 Å². The molecular weight excluding hydrogens is 356 g/mol.